The summed E-state index contributed by atoms with van der Waals surface area (Å²) in [5.41, 5.74) is 3.85. The lowest BCUT2D eigenvalue weighted by atomic mass is 9.75. The van der Waals surface area contributed by atoms with Gasteiger partial charge >= 0.3 is 7.12 Å². The summed E-state index contributed by atoms with van der Waals surface area (Å²) in [6, 6.07) is 14.3. The summed E-state index contributed by atoms with van der Waals surface area (Å²) >= 11 is 5.98. The van der Waals surface area contributed by atoms with Crippen molar-refractivity contribution in [2.75, 3.05) is 0 Å². The second-order valence-corrected chi connectivity index (χ2v) is 7.60. The van der Waals surface area contributed by atoms with Crippen LogP contribution in [0.4, 0.5) is 0 Å². The van der Waals surface area contributed by atoms with E-state index >= 15 is 0 Å². The summed E-state index contributed by atoms with van der Waals surface area (Å²) < 4.78 is 12.4. The molecule has 0 aromatic heterocycles. The second kappa shape index (κ2) is 5.66. The van der Waals surface area contributed by atoms with Crippen LogP contribution in [0.15, 0.2) is 42.5 Å². The Morgan fingerprint density at radius 3 is 1.91 bits per heavy atom. The maximum absolute atomic E-state index is 6.20. The third-order valence-electron chi connectivity index (χ3n) is 4.96. The molecule has 0 N–H and O–H groups in total. The fourth-order valence-corrected chi connectivity index (χ4v) is 2.81. The molecule has 2 aromatic rings. The van der Waals surface area contributed by atoms with E-state index in [0.717, 1.165) is 21.6 Å². The van der Waals surface area contributed by atoms with Crippen LogP contribution in [-0.4, -0.2) is 18.3 Å². The molecule has 0 bridgehead atoms. The van der Waals surface area contributed by atoms with Crippen molar-refractivity contribution in [2.24, 2.45) is 0 Å². The minimum absolute atomic E-state index is 0.333. The summed E-state index contributed by atoms with van der Waals surface area (Å²) in [5.74, 6) is 0. The van der Waals surface area contributed by atoms with Crippen molar-refractivity contribution in [3.8, 4) is 11.1 Å². The maximum Gasteiger partial charge on any atom is 0.495 e. The lowest BCUT2D eigenvalue weighted by Gasteiger charge is -2.32. The van der Waals surface area contributed by atoms with Gasteiger partial charge in [-0.05, 0) is 63.3 Å². The van der Waals surface area contributed by atoms with Crippen LogP contribution in [0, 0.1) is 6.92 Å². The molecule has 1 fully saturated rings. The Bertz CT molecular complexity index is 707. The van der Waals surface area contributed by atoms with Gasteiger partial charge < -0.3 is 9.31 Å². The van der Waals surface area contributed by atoms with Crippen LogP contribution in [0.5, 0.6) is 0 Å². The van der Waals surface area contributed by atoms with E-state index in [1.54, 1.807) is 0 Å². The quantitative estimate of drug-likeness (QED) is 0.749. The predicted octanol–water partition coefficient (Wildman–Crippen LogP) is 4.61. The van der Waals surface area contributed by atoms with Crippen molar-refractivity contribution in [3.05, 3.63) is 53.1 Å². The molecule has 2 aromatic carbocycles. The molecule has 0 amide bonds. The lowest BCUT2D eigenvalue weighted by molar-refractivity contribution is 0.00578. The Kier molecular flexibility index (Phi) is 4.08. The van der Waals surface area contributed by atoms with Gasteiger partial charge in [-0.25, -0.2) is 0 Å². The van der Waals surface area contributed by atoms with Crippen molar-refractivity contribution in [2.45, 2.75) is 45.8 Å². The second-order valence-electron chi connectivity index (χ2n) is 7.17. The zero-order chi connectivity index (χ0) is 16.8. The molecule has 0 spiro atoms. The third-order valence-corrected chi connectivity index (χ3v) is 5.22. The maximum atomic E-state index is 6.20. The van der Waals surface area contributed by atoms with Crippen molar-refractivity contribution in [1.82, 2.24) is 0 Å². The molecule has 1 aliphatic rings. The number of hydrogen-bond acceptors (Lipinski definition) is 2. The Labute approximate surface area is 143 Å². The normalized spacial score (nSPS) is 19.1. The molecule has 1 aliphatic heterocycles. The molecular weight excluding hydrogens is 306 g/mol. The Balaban J connectivity index is 1.98. The summed E-state index contributed by atoms with van der Waals surface area (Å²) in [4.78, 5) is 0. The molecule has 120 valence electrons. The van der Waals surface area contributed by atoms with Gasteiger partial charge in [0, 0.05) is 5.02 Å². The van der Waals surface area contributed by atoms with Gasteiger partial charge in [-0.2, -0.15) is 0 Å². The minimum atomic E-state index is -0.341. The van der Waals surface area contributed by atoms with E-state index in [1.165, 1.54) is 5.56 Å². The molecule has 0 saturated carbocycles. The highest BCUT2D eigenvalue weighted by Crippen LogP contribution is 2.37. The van der Waals surface area contributed by atoms with E-state index in [4.69, 9.17) is 20.9 Å². The van der Waals surface area contributed by atoms with Crippen molar-refractivity contribution >= 4 is 24.2 Å². The first-order valence-corrected chi connectivity index (χ1v) is 8.29. The first kappa shape index (κ1) is 16.6. The van der Waals surface area contributed by atoms with Gasteiger partial charge in [0.15, 0.2) is 0 Å². The molecule has 0 unspecified atom stereocenters. The van der Waals surface area contributed by atoms with Crippen LogP contribution in [0.3, 0.4) is 0 Å². The van der Waals surface area contributed by atoms with Gasteiger partial charge in [-0.1, -0.05) is 47.5 Å². The van der Waals surface area contributed by atoms with Gasteiger partial charge in [0.05, 0.1) is 11.2 Å². The fourth-order valence-electron chi connectivity index (χ4n) is 2.69. The number of benzene rings is 2. The minimum Gasteiger partial charge on any atom is -0.399 e. The lowest BCUT2D eigenvalue weighted by Crippen LogP contribution is -2.41. The van der Waals surface area contributed by atoms with Crippen molar-refractivity contribution < 1.29 is 9.31 Å². The molecule has 3 rings (SSSR count). The van der Waals surface area contributed by atoms with E-state index in [9.17, 15) is 0 Å². The monoisotopic (exact) mass is 328 g/mol. The zero-order valence-electron chi connectivity index (χ0n) is 14.3. The highest BCUT2D eigenvalue weighted by Gasteiger charge is 2.52. The van der Waals surface area contributed by atoms with Crippen LogP contribution in [0.2, 0.25) is 5.02 Å². The van der Waals surface area contributed by atoms with E-state index in [-0.39, 0.29) is 18.3 Å². The molecule has 2 nitrogen and oxygen atoms in total. The predicted molar refractivity (Wildman–Crippen MR) is 97.3 cm³/mol. The molecule has 23 heavy (non-hydrogen) atoms. The summed E-state index contributed by atoms with van der Waals surface area (Å²) in [6.07, 6.45) is 0. The van der Waals surface area contributed by atoms with Gasteiger partial charge in [-0.15, -0.1) is 0 Å². The summed E-state index contributed by atoms with van der Waals surface area (Å²) in [7, 11) is -0.341. The molecule has 4 heteroatoms. The highest BCUT2D eigenvalue weighted by atomic mass is 35.5. The molecule has 1 heterocycles. The Morgan fingerprint density at radius 2 is 1.35 bits per heavy atom. The third kappa shape index (κ3) is 3.06. The van der Waals surface area contributed by atoms with Gasteiger partial charge in [0.25, 0.3) is 0 Å². The number of rotatable bonds is 2. The van der Waals surface area contributed by atoms with Crippen LogP contribution in [-0.2, 0) is 9.31 Å². The molecule has 0 aliphatic carbocycles. The van der Waals surface area contributed by atoms with Crippen LogP contribution >= 0.6 is 11.6 Å². The van der Waals surface area contributed by atoms with Crippen molar-refractivity contribution in [3.63, 3.8) is 0 Å². The summed E-state index contributed by atoms with van der Waals surface area (Å²) in [5, 5.41) is 0.743. The van der Waals surface area contributed by atoms with Crippen molar-refractivity contribution in [1.29, 1.82) is 0 Å². The standard InChI is InChI=1S/C19H22BClO2/c1-13-6-7-15(14-8-10-16(21)11-9-14)12-17(13)20-22-18(2,3)19(4,5)23-20/h6-12H,1-5H3. The number of halogens is 1. The highest BCUT2D eigenvalue weighted by molar-refractivity contribution is 6.62. The average Bonchev–Trinajstić information content (AvgIpc) is 2.69. The Hall–Kier alpha value is -1.29. The van der Waals surface area contributed by atoms with E-state index in [2.05, 4.69) is 52.8 Å². The Morgan fingerprint density at radius 1 is 0.826 bits per heavy atom. The molecule has 0 atom stereocenters. The number of hydrogen-bond donors (Lipinski definition) is 0. The molecule has 0 radical (unpaired) electrons. The van der Waals surface area contributed by atoms with Gasteiger partial charge in [-0.3, -0.25) is 0 Å². The van der Waals surface area contributed by atoms with E-state index in [1.807, 2.05) is 24.3 Å². The van der Waals surface area contributed by atoms with E-state index in [0.29, 0.717) is 0 Å². The van der Waals surface area contributed by atoms with Crippen LogP contribution in [0.1, 0.15) is 33.3 Å². The first-order chi connectivity index (χ1) is 10.7. The topological polar surface area (TPSA) is 18.5 Å². The smallest absolute Gasteiger partial charge is 0.399 e. The SMILES string of the molecule is Cc1ccc(-c2ccc(Cl)cc2)cc1B1OC(C)(C)C(C)(C)O1. The fraction of sp³-hybridized carbons (Fsp3) is 0.368. The first-order valence-electron chi connectivity index (χ1n) is 7.92. The zero-order valence-corrected chi connectivity index (χ0v) is 15.1. The largest absolute Gasteiger partial charge is 0.495 e. The van der Waals surface area contributed by atoms with E-state index < -0.39 is 0 Å². The van der Waals surface area contributed by atoms with Gasteiger partial charge in [0.1, 0.15) is 0 Å². The molecule has 1 saturated heterocycles. The van der Waals surface area contributed by atoms with Crippen LogP contribution in [0.25, 0.3) is 11.1 Å². The average molecular weight is 329 g/mol. The molecular formula is C19H22BClO2. The van der Waals surface area contributed by atoms with Crippen LogP contribution < -0.4 is 5.46 Å². The van der Waals surface area contributed by atoms with Gasteiger partial charge in [0.2, 0.25) is 0 Å². The number of aryl methyl sites for hydroxylation is 1. The summed E-state index contributed by atoms with van der Waals surface area (Å²) in [6.45, 7) is 10.4.